The fraction of sp³-hybridized carbons (Fsp3) is 0.625. The van der Waals surface area contributed by atoms with Crippen molar-refractivity contribution in [2.24, 2.45) is 0 Å². The van der Waals surface area contributed by atoms with Gasteiger partial charge in [-0.15, -0.1) is 0 Å². The largest absolute Gasteiger partial charge is 0.477 e. The molecule has 2 aromatic rings. The lowest BCUT2D eigenvalue weighted by molar-refractivity contribution is -0.0994. The lowest BCUT2D eigenvalue weighted by Crippen LogP contribution is -2.40. The Bertz CT molecular complexity index is 1150. The van der Waals surface area contributed by atoms with E-state index in [9.17, 15) is 30.0 Å². The second-order valence-corrected chi connectivity index (χ2v) is 11.1. The van der Waals surface area contributed by atoms with Gasteiger partial charge in [-0.2, -0.15) is 0 Å². The summed E-state index contributed by atoms with van der Waals surface area (Å²) in [5.41, 5.74) is 1.30. The Kier molecular flexibility index (Phi) is 15.6. The second-order valence-electron chi connectivity index (χ2n) is 11.1. The summed E-state index contributed by atoms with van der Waals surface area (Å²) in [6.45, 7) is 5.27. The van der Waals surface area contributed by atoms with Crippen LogP contribution in [0.1, 0.15) is 90.3 Å². The highest BCUT2D eigenvalue weighted by molar-refractivity contribution is 5.85. The van der Waals surface area contributed by atoms with Crippen molar-refractivity contribution in [1.29, 1.82) is 0 Å². The first kappa shape index (κ1) is 35.5. The van der Waals surface area contributed by atoms with Gasteiger partial charge in [0.25, 0.3) is 0 Å². The molecule has 3 rings (SSSR count). The molecule has 12 nitrogen and oxygen atoms in total. The van der Waals surface area contributed by atoms with Gasteiger partial charge in [-0.1, -0.05) is 44.7 Å². The van der Waals surface area contributed by atoms with Gasteiger partial charge in [-0.3, -0.25) is 9.80 Å². The Labute approximate surface area is 259 Å². The molecule has 0 radical (unpaired) electrons. The van der Waals surface area contributed by atoms with Gasteiger partial charge in [0.2, 0.25) is 0 Å². The van der Waals surface area contributed by atoms with Crippen molar-refractivity contribution in [1.82, 2.24) is 19.8 Å². The number of aromatic nitrogens is 2. The van der Waals surface area contributed by atoms with Crippen molar-refractivity contribution in [3.8, 4) is 0 Å². The van der Waals surface area contributed by atoms with Gasteiger partial charge < -0.3 is 29.9 Å². The summed E-state index contributed by atoms with van der Waals surface area (Å²) in [4.78, 5) is 35.5. The predicted molar refractivity (Wildman–Crippen MR) is 164 cm³/mol. The standard InChI is InChI=1S/C32H48N4O8/c1-2-3-12-28(25-9-7-11-27(34-25)32(41)42)36(16-20-38)18-22-44-30-14-5-4-13-29(30)43-21-17-35(15-19-37)23-24-8-6-10-26(33-24)31(39)40/h6-11,28-30,37-38H,2-5,12-23H2,1H3,(H,39,40)(H,41,42)/t28?,29-,30-/m1/s1. The fourth-order valence-corrected chi connectivity index (χ4v) is 5.65. The number of aliphatic hydroxyl groups is 2. The van der Waals surface area contributed by atoms with Crippen LogP contribution in [0.5, 0.6) is 0 Å². The summed E-state index contributed by atoms with van der Waals surface area (Å²) in [5, 5.41) is 38.1. The summed E-state index contributed by atoms with van der Waals surface area (Å²) in [6, 6.07) is 9.82. The Morgan fingerprint density at radius 3 is 2.09 bits per heavy atom. The highest BCUT2D eigenvalue weighted by Gasteiger charge is 2.28. The fourth-order valence-electron chi connectivity index (χ4n) is 5.65. The van der Waals surface area contributed by atoms with Gasteiger partial charge in [-0.05, 0) is 43.5 Å². The van der Waals surface area contributed by atoms with Crippen molar-refractivity contribution in [3.63, 3.8) is 0 Å². The first-order valence-electron chi connectivity index (χ1n) is 15.7. The van der Waals surface area contributed by atoms with E-state index >= 15 is 0 Å². The van der Waals surface area contributed by atoms with Crippen molar-refractivity contribution in [2.75, 3.05) is 52.6 Å². The maximum atomic E-state index is 11.5. The van der Waals surface area contributed by atoms with Crippen LogP contribution < -0.4 is 0 Å². The summed E-state index contributed by atoms with van der Waals surface area (Å²) < 4.78 is 12.7. The summed E-state index contributed by atoms with van der Waals surface area (Å²) in [7, 11) is 0. The Morgan fingerprint density at radius 1 is 0.864 bits per heavy atom. The Morgan fingerprint density at radius 2 is 1.48 bits per heavy atom. The zero-order chi connectivity index (χ0) is 31.7. The van der Waals surface area contributed by atoms with Crippen LogP contribution in [0, 0.1) is 0 Å². The molecule has 0 aliphatic heterocycles. The molecule has 0 spiro atoms. The second kappa shape index (κ2) is 19.4. The van der Waals surface area contributed by atoms with Gasteiger partial charge in [0.05, 0.1) is 56.1 Å². The summed E-state index contributed by atoms with van der Waals surface area (Å²) in [5.74, 6) is -2.14. The number of aliphatic hydroxyl groups excluding tert-OH is 2. The first-order chi connectivity index (χ1) is 21.4. The number of nitrogens with zero attached hydrogens (tertiary/aromatic N) is 4. The number of unbranched alkanes of at least 4 members (excludes halogenated alkanes) is 1. The number of aromatic carboxylic acids is 2. The Balaban J connectivity index is 1.57. The molecule has 244 valence electrons. The molecule has 1 aliphatic carbocycles. The van der Waals surface area contributed by atoms with E-state index in [4.69, 9.17) is 9.47 Å². The van der Waals surface area contributed by atoms with Gasteiger partial charge in [-0.25, -0.2) is 19.6 Å². The molecule has 44 heavy (non-hydrogen) atoms. The molecule has 0 bridgehead atoms. The molecule has 2 heterocycles. The van der Waals surface area contributed by atoms with Crippen molar-refractivity contribution in [2.45, 2.75) is 76.7 Å². The van der Waals surface area contributed by atoms with Crippen molar-refractivity contribution in [3.05, 3.63) is 59.2 Å². The van der Waals surface area contributed by atoms with Crippen LogP contribution in [0.3, 0.4) is 0 Å². The maximum absolute atomic E-state index is 11.5. The third-order valence-corrected chi connectivity index (χ3v) is 7.91. The van der Waals surface area contributed by atoms with E-state index in [1.54, 1.807) is 18.2 Å². The molecule has 2 aromatic heterocycles. The number of pyridine rings is 2. The minimum absolute atomic E-state index is 0.00832. The van der Waals surface area contributed by atoms with E-state index in [1.807, 2.05) is 11.0 Å². The molecule has 12 heteroatoms. The van der Waals surface area contributed by atoms with Crippen molar-refractivity contribution < 1.29 is 39.5 Å². The molecule has 0 aromatic carbocycles. The van der Waals surface area contributed by atoms with Gasteiger partial charge in [0.1, 0.15) is 11.4 Å². The van der Waals surface area contributed by atoms with Crippen molar-refractivity contribution >= 4 is 11.9 Å². The normalized spacial score (nSPS) is 17.7. The molecule has 0 amide bonds. The molecule has 1 fully saturated rings. The maximum Gasteiger partial charge on any atom is 0.354 e. The third-order valence-electron chi connectivity index (χ3n) is 7.91. The molecule has 3 atom stereocenters. The predicted octanol–water partition coefficient (Wildman–Crippen LogP) is 3.24. The monoisotopic (exact) mass is 616 g/mol. The lowest BCUT2D eigenvalue weighted by atomic mass is 9.94. The molecule has 4 N–H and O–H groups in total. The number of hydrogen-bond donors (Lipinski definition) is 4. The zero-order valence-corrected chi connectivity index (χ0v) is 25.7. The first-order valence-corrected chi connectivity index (χ1v) is 15.7. The molecule has 1 unspecified atom stereocenters. The molecule has 0 saturated heterocycles. The van der Waals surface area contributed by atoms with Gasteiger partial charge >= 0.3 is 11.9 Å². The molecular formula is C32H48N4O8. The minimum Gasteiger partial charge on any atom is -0.477 e. The highest BCUT2D eigenvalue weighted by atomic mass is 16.5. The van der Waals surface area contributed by atoms with Gasteiger partial charge in [0, 0.05) is 32.7 Å². The van der Waals surface area contributed by atoms with Crippen LogP contribution in [-0.4, -0.2) is 117 Å². The highest BCUT2D eigenvalue weighted by Crippen LogP contribution is 2.27. The van der Waals surface area contributed by atoms with E-state index in [-0.39, 0.29) is 42.9 Å². The summed E-state index contributed by atoms with van der Waals surface area (Å²) >= 11 is 0. The molecular weight excluding hydrogens is 568 g/mol. The SMILES string of the molecule is CCCCC(c1cccc(C(=O)O)n1)N(CCO)CCO[C@@H]1CCCC[C@H]1OCCN(CCO)Cc1cccc(C(=O)O)n1. The Hall–Kier alpha value is -3.00. The van der Waals surface area contributed by atoms with Crippen LogP contribution in [0.25, 0.3) is 0 Å². The number of carboxylic acid groups (broad SMARTS) is 2. The van der Waals surface area contributed by atoms with Crippen LogP contribution in [0.4, 0.5) is 0 Å². The average Bonchev–Trinajstić information content (AvgIpc) is 3.02. The van der Waals surface area contributed by atoms with Crippen LogP contribution in [0.2, 0.25) is 0 Å². The summed E-state index contributed by atoms with van der Waals surface area (Å²) in [6.07, 6.45) is 6.47. The quantitative estimate of drug-likeness (QED) is 0.162. The van der Waals surface area contributed by atoms with E-state index in [1.165, 1.54) is 12.1 Å². The van der Waals surface area contributed by atoms with Crippen LogP contribution >= 0.6 is 0 Å². The van der Waals surface area contributed by atoms with E-state index < -0.39 is 11.9 Å². The van der Waals surface area contributed by atoms with Crippen LogP contribution in [0.15, 0.2) is 36.4 Å². The minimum atomic E-state index is -1.08. The number of carbonyl (C=O) groups is 2. The third kappa shape index (κ3) is 11.5. The topological polar surface area (TPSA) is 166 Å². The number of ether oxygens (including phenoxy) is 2. The number of hydrogen-bond acceptors (Lipinski definition) is 10. The molecule has 1 saturated carbocycles. The van der Waals surface area contributed by atoms with E-state index in [0.29, 0.717) is 57.3 Å². The average molecular weight is 617 g/mol. The van der Waals surface area contributed by atoms with E-state index in [2.05, 4.69) is 21.8 Å². The number of rotatable bonds is 21. The molecule has 1 aliphatic rings. The van der Waals surface area contributed by atoms with E-state index in [0.717, 1.165) is 44.9 Å². The zero-order valence-electron chi connectivity index (χ0n) is 25.7. The smallest absolute Gasteiger partial charge is 0.354 e. The lowest BCUT2D eigenvalue weighted by Gasteiger charge is -2.34. The van der Waals surface area contributed by atoms with Gasteiger partial charge in [0.15, 0.2) is 0 Å². The number of carboxylic acids is 2. The van der Waals surface area contributed by atoms with Crippen LogP contribution in [-0.2, 0) is 16.0 Å².